The third-order valence-electron chi connectivity index (χ3n) is 2.95. The Labute approximate surface area is 128 Å². The summed E-state index contributed by atoms with van der Waals surface area (Å²) in [6.45, 7) is 1.38. The number of hydrogen-bond donors (Lipinski definition) is 2. The molecule has 0 radical (unpaired) electrons. The van der Waals surface area contributed by atoms with E-state index < -0.39 is 0 Å². The average Bonchev–Trinajstić information content (AvgIpc) is 2.95. The van der Waals surface area contributed by atoms with E-state index in [1.165, 1.54) is 0 Å². The average molecular weight is 308 g/mol. The van der Waals surface area contributed by atoms with Gasteiger partial charge in [-0.2, -0.15) is 0 Å². The van der Waals surface area contributed by atoms with Crippen LogP contribution in [0.3, 0.4) is 0 Å². The van der Waals surface area contributed by atoms with Gasteiger partial charge in [-0.1, -0.05) is 11.6 Å². The number of aryl methyl sites for hydroxylation is 1. The first-order valence-corrected chi connectivity index (χ1v) is 7.19. The summed E-state index contributed by atoms with van der Waals surface area (Å²) in [5.74, 6) is 1.23. The summed E-state index contributed by atoms with van der Waals surface area (Å²) in [5.41, 5.74) is 0.914. The number of nitrogens with one attached hydrogen (secondary N) is 2. The van der Waals surface area contributed by atoms with Crippen molar-refractivity contribution < 1.29 is 9.21 Å². The van der Waals surface area contributed by atoms with Gasteiger partial charge in [-0.15, -0.1) is 0 Å². The molecule has 0 aliphatic heterocycles. The van der Waals surface area contributed by atoms with Crippen LogP contribution >= 0.6 is 11.6 Å². The highest BCUT2D eigenvalue weighted by atomic mass is 35.5. The van der Waals surface area contributed by atoms with Gasteiger partial charge >= 0.3 is 0 Å². The van der Waals surface area contributed by atoms with Crippen LogP contribution in [0.1, 0.15) is 12.3 Å². The molecule has 0 atom stereocenters. The Kier molecular flexibility index (Phi) is 5.78. The fraction of sp³-hybridized carbons (Fsp3) is 0.333. The molecule has 1 heterocycles. The highest BCUT2D eigenvalue weighted by molar-refractivity contribution is 6.30. The minimum Gasteiger partial charge on any atom is -0.441 e. The Balaban J connectivity index is 1.86. The number of rotatable bonds is 7. The van der Waals surface area contributed by atoms with Crippen LogP contribution in [0.15, 0.2) is 34.9 Å². The molecule has 0 saturated heterocycles. The Morgan fingerprint density at radius 3 is 2.76 bits per heavy atom. The number of nitrogens with zero attached hydrogens (tertiary/aromatic N) is 1. The molecule has 1 amide bonds. The second kappa shape index (κ2) is 7.81. The van der Waals surface area contributed by atoms with Crippen molar-refractivity contribution in [3.63, 3.8) is 0 Å². The van der Waals surface area contributed by atoms with Gasteiger partial charge in [0.15, 0.2) is 11.7 Å². The topological polar surface area (TPSA) is 67.2 Å². The van der Waals surface area contributed by atoms with Crippen molar-refractivity contribution in [2.45, 2.75) is 12.8 Å². The maximum atomic E-state index is 11.6. The van der Waals surface area contributed by atoms with Crippen LogP contribution in [0.2, 0.25) is 5.02 Å². The van der Waals surface area contributed by atoms with Gasteiger partial charge in [0.05, 0.1) is 6.20 Å². The number of benzene rings is 1. The van der Waals surface area contributed by atoms with Crippen LogP contribution in [0.5, 0.6) is 0 Å². The van der Waals surface area contributed by atoms with Crippen molar-refractivity contribution in [1.29, 1.82) is 0 Å². The number of halogens is 1. The Hall–Kier alpha value is -1.85. The summed E-state index contributed by atoms with van der Waals surface area (Å²) in [7, 11) is 1.84. The number of hydrogen-bond acceptors (Lipinski definition) is 4. The quantitative estimate of drug-likeness (QED) is 0.770. The lowest BCUT2D eigenvalue weighted by Gasteiger charge is -2.03. The number of likely N-dealkylation sites (N-methyl/N-ethyl adjacent to an activating group) is 1. The van der Waals surface area contributed by atoms with E-state index in [1.54, 1.807) is 18.3 Å². The molecule has 21 heavy (non-hydrogen) atoms. The van der Waals surface area contributed by atoms with Gasteiger partial charge in [0.2, 0.25) is 5.91 Å². The highest BCUT2D eigenvalue weighted by Crippen LogP contribution is 2.22. The summed E-state index contributed by atoms with van der Waals surface area (Å²) in [4.78, 5) is 15.8. The molecule has 0 aliphatic rings. The summed E-state index contributed by atoms with van der Waals surface area (Å²) in [6, 6.07) is 7.34. The molecule has 112 valence electrons. The third kappa shape index (κ3) is 4.88. The van der Waals surface area contributed by atoms with Crippen molar-refractivity contribution >= 4 is 17.5 Å². The first kappa shape index (κ1) is 15.5. The molecule has 6 heteroatoms. The smallest absolute Gasteiger partial charge is 0.220 e. The van der Waals surface area contributed by atoms with Crippen molar-refractivity contribution in [2.24, 2.45) is 0 Å². The van der Waals surface area contributed by atoms with Gasteiger partial charge in [0, 0.05) is 36.5 Å². The molecular weight excluding hydrogens is 290 g/mol. The largest absolute Gasteiger partial charge is 0.441 e. The van der Waals surface area contributed by atoms with E-state index in [0.29, 0.717) is 36.1 Å². The molecule has 2 aromatic rings. The van der Waals surface area contributed by atoms with E-state index >= 15 is 0 Å². The molecule has 5 nitrogen and oxygen atoms in total. The van der Waals surface area contributed by atoms with Crippen LogP contribution in [0, 0.1) is 0 Å². The first-order valence-electron chi connectivity index (χ1n) is 6.81. The van der Waals surface area contributed by atoms with E-state index in [4.69, 9.17) is 16.0 Å². The maximum absolute atomic E-state index is 11.6. The molecule has 2 rings (SSSR count). The molecule has 1 aromatic heterocycles. The lowest BCUT2D eigenvalue weighted by molar-refractivity contribution is -0.121. The van der Waals surface area contributed by atoms with E-state index in [0.717, 1.165) is 12.1 Å². The summed E-state index contributed by atoms with van der Waals surface area (Å²) in [6.07, 6.45) is 2.51. The number of oxazole rings is 1. The van der Waals surface area contributed by atoms with Crippen molar-refractivity contribution in [1.82, 2.24) is 15.6 Å². The van der Waals surface area contributed by atoms with Gasteiger partial charge in [0.1, 0.15) is 0 Å². The van der Waals surface area contributed by atoms with Crippen molar-refractivity contribution in [2.75, 3.05) is 20.1 Å². The first-order chi connectivity index (χ1) is 10.2. The monoisotopic (exact) mass is 307 g/mol. The van der Waals surface area contributed by atoms with Gasteiger partial charge < -0.3 is 15.1 Å². The van der Waals surface area contributed by atoms with E-state index in [2.05, 4.69) is 15.6 Å². The Morgan fingerprint density at radius 2 is 2.05 bits per heavy atom. The number of amides is 1. The Bertz CT molecular complexity index is 581. The molecular formula is C15H18ClN3O2. The Morgan fingerprint density at radius 1 is 1.29 bits per heavy atom. The molecule has 0 spiro atoms. The lowest BCUT2D eigenvalue weighted by Crippen LogP contribution is -2.30. The van der Waals surface area contributed by atoms with Gasteiger partial charge in [-0.05, 0) is 31.3 Å². The zero-order chi connectivity index (χ0) is 15.1. The minimum absolute atomic E-state index is 0.00325. The maximum Gasteiger partial charge on any atom is 0.220 e. The predicted molar refractivity (Wildman–Crippen MR) is 82.2 cm³/mol. The summed E-state index contributed by atoms with van der Waals surface area (Å²) < 4.78 is 5.64. The van der Waals surface area contributed by atoms with Gasteiger partial charge in [-0.25, -0.2) is 4.98 Å². The van der Waals surface area contributed by atoms with Crippen LogP contribution in [0.4, 0.5) is 0 Å². The second-order valence-electron chi connectivity index (χ2n) is 4.58. The summed E-state index contributed by atoms with van der Waals surface area (Å²) >= 11 is 5.85. The molecule has 1 aromatic carbocycles. The molecule has 2 N–H and O–H groups in total. The SMILES string of the molecule is CNCCNC(=O)CCc1ncc(-c2ccc(Cl)cc2)o1. The fourth-order valence-electron chi connectivity index (χ4n) is 1.81. The number of aromatic nitrogens is 1. The molecule has 0 saturated carbocycles. The zero-order valence-corrected chi connectivity index (χ0v) is 12.6. The van der Waals surface area contributed by atoms with E-state index in [1.807, 2.05) is 19.2 Å². The number of carbonyl (C=O) groups excluding carboxylic acids is 1. The zero-order valence-electron chi connectivity index (χ0n) is 11.9. The van der Waals surface area contributed by atoms with Gasteiger partial charge in [0.25, 0.3) is 0 Å². The molecule has 0 fully saturated rings. The van der Waals surface area contributed by atoms with Crippen molar-refractivity contribution in [3.8, 4) is 11.3 Å². The third-order valence-corrected chi connectivity index (χ3v) is 3.20. The second-order valence-corrected chi connectivity index (χ2v) is 5.02. The van der Waals surface area contributed by atoms with E-state index in [9.17, 15) is 4.79 Å². The molecule has 0 aliphatic carbocycles. The summed E-state index contributed by atoms with van der Waals surface area (Å²) in [5, 5.41) is 6.46. The van der Waals surface area contributed by atoms with Gasteiger partial charge in [-0.3, -0.25) is 4.79 Å². The van der Waals surface area contributed by atoms with Crippen LogP contribution < -0.4 is 10.6 Å². The minimum atomic E-state index is -0.00325. The van der Waals surface area contributed by atoms with Crippen LogP contribution in [0.25, 0.3) is 11.3 Å². The highest BCUT2D eigenvalue weighted by Gasteiger charge is 2.08. The molecule has 0 unspecified atom stereocenters. The fourth-order valence-corrected chi connectivity index (χ4v) is 1.94. The van der Waals surface area contributed by atoms with Crippen LogP contribution in [-0.4, -0.2) is 31.0 Å². The molecule has 0 bridgehead atoms. The number of carbonyl (C=O) groups is 1. The predicted octanol–water partition coefficient (Wildman–Crippen LogP) is 2.26. The van der Waals surface area contributed by atoms with Crippen LogP contribution in [-0.2, 0) is 11.2 Å². The standard InChI is InChI=1S/C15H18ClN3O2/c1-17-8-9-18-14(20)6-7-15-19-10-13(21-15)11-2-4-12(16)5-3-11/h2-5,10,17H,6-9H2,1H3,(H,18,20). The lowest BCUT2D eigenvalue weighted by atomic mass is 10.2. The van der Waals surface area contributed by atoms with E-state index in [-0.39, 0.29) is 5.91 Å². The normalized spacial score (nSPS) is 10.6. The van der Waals surface area contributed by atoms with Crippen molar-refractivity contribution in [3.05, 3.63) is 41.4 Å².